The molecule has 0 aliphatic rings. The van der Waals surface area contributed by atoms with Gasteiger partial charge in [0.05, 0.1) is 5.52 Å². The van der Waals surface area contributed by atoms with Crippen molar-refractivity contribution in [1.82, 2.24) is 4.98 Å². The predicted molar refractivity (Wildman–Crippen MR) is 90.9 cm³/mol. The zero-order chi connectivity index (χ0) is 13.9. The highest BCUT2D eigenvalue weighted by molar-refractivity contribution is 9.11. The van der Waals surface area contributed by atoms with Crippen LogP contribution in [-0.2, 0) is 6.54 Å². The third-order valence-electron chi connectivity index (χ3n) is 3.14. The van der Waals surface area contributed by atoms with Gasteiger partial charge in [-0.3, -0.25) is 4.98 Å². The average Bonchev–Trinajstić information content (AvgIpc) is 2.46. The molecule has 1 N–H and O–H groups in total. The number of fused-ring (bicyclic) bond motifs is 1. The van der Waals surface area contributed by atoms with E-state index in [1.165, 1.54) is 10.9 Å². The zero-order valence-corrected chi connectivity index (χ0v) is 13.8. The first-order valence-electron chi connectivity index (χ1n) is 6.25. The molecule has 0 spiro atoms. The first-order chi connectivity index (χ1) is 9.74. The maximum atomic E-state index is 4.38. The van der Waals surface area contributed by atoms with Crippen molar-refractivity contribution < 1.29 is 0 Å². The third kappa shape index (κ3) is 2.86. The van der Waals surface area contributed by atoms with E-state index in [1.807, 2.05) is 36.5 Å². The fourth-order valence-electron chi connectivity index (χ4n) is 2.13. The molecule has 0 aliphatic carbocycles. The van der Waals surface area contributed by atoms with Crippen LogP contribution in [0, 0.1) is 0 Å². The van der Waals surface area contributed by atoms with E-state index < -0.39 is 0 Å². The van der Waals surface area contributed by atoms with E-state index in [4.69, 9.17) is 0 Å². The van der Waals surface area contributed by atoms with E-state index in [-0.39, 0.29) is 0 Å². The molecule has 100 valence electrons. The lowest BCUT2D eigenvalue weighted by Gasteiger charge is -2.10. The van der Waals surface area contributed by atoms with Crippen LogP contribution in [0.25, 0.3) is 10.9 Å². The predicted octanol–water partition coefficient (Wildman–Crippen LogP) is 5.37. The molecular weight excluding hydrogens is 380 g/mol. The number of aromatic nitrogens is 1. The summed E-state index contributed by atoms with van der Waals surface area (Å²) >= 11 is 7.02. The summed E-state index contributed by atoms with van der Waals surface area (Å²) in [5, 5.41) is 4.64. The first-order valence-corrected chi connectivity index (χ1v) is 7.84. The molecule has 0 saturated carbocycles. The topological polar surface area (TPSA) is 24.9 Å². The molecule has 2 aromatic carbocycles. The highest BCUT2D eigenvalue weighted by Crippen LogP contribution is 2.27. The summed E-state index contributed by atoms with van der Waals surface area (Å²) in [6, 6.07) is 16.4. The van der Waals surface area contributed by atoms with E-state index in [2.05, 4.69) is 60.4 Å². The van der Waals surface area contributed by atoms with Crippen molar-refractivity contribution >= 4 is 48.5 Å². The van der Waals surface area contributed by atoms with Crippen LogP contribution in [0.1, 0.15) is 5.56 Å². The number of nitrogens with zero attached hydrogens (tertiary/aromatic N) is 1. The van der Waals surface area contributed by atoms with E-state index in [1.54, 1.807) is 0 Å². The number of benzene rings is 2. The maximum Gasteiger partial charge on any atom is 0.0705 e. The van der Waals surface area contributed by atoms with Crippen LogP contribution in [0.3, 0.4) is 0 Å². The van der Waals surface area contributed by atoms with Gasteiger partial charge in [-0.05, 0) is 51.8 Å². The minimum atomic E-state index is 0.767. The van der Waals surface area contributed by atoms with Gasteiger partial charge < -0.3 is 5.32 Å². The van der Waals surface area contributed by atoms with Gasteiger partial charge >= 0.3 is 0 Å². The number of hydrogen-bond acceptors (Lipinski definition) is 2. The zero-order valence-electron chi connectivity index (χ0n) is 10.6. The third-order valence-corrected chi connectivity index (χ3v) is 4.29. The second-order valence-electron chi connectivity index (χ2n) is 4.46. The molecule has 3 rings (SSSR count). The number of nitrogens with one attached hydrogen (secondary N) is 1. The van der Waals surface area contributed by atoms with Crippen molar-refractivity contribution in [1.29, 1.82) is 0 Å². The van der Waals surface area contributed by atoms with Crippen molar-refractivity contribution in [2.24, 2.45) is 0 Å². The molecule has 3 aromatic rings. The van der Waals surface area contributed by atoms with E-state index in [0.29, 0.717) is 0 Å². The monoisotopic (exact) mass is 390 g/mol. The molecule has 4 heteroatoms. The summed E-state index contributed by atoms with van der Waals surface area (Å²) in [6.45, 7) is 0.767. The second-order valence-corrected chi connectivity index (χ2v) is 6.23. The van der Waals surface area contributed by atoms with Crippen LogP contribution in [0.5, 0.6) is 0 Å². The fourth-order valence-corrected chi connectivity index (χ4v) is 3.32. The Balaban J connectivity index is 1.87. The summed E-state index contributed by atoms with van der Waals surface area (Å²) in [6.07, 6.45) is 1.86. The number of pyridine rings is 1. The summed E-state index contributed by atoms with van der Waals surface area (Å²) in [5.74, 6) is 0. The van der Waals surface area contributed by atoms with Gasteiger partial charge in [0, 0.05) is 32.8 Å². The minimum Gasteiger partial charge on any atom is -0.380 e. The SMILES string of the molecule is Brc1ccc(NCc2ccnc3ccccc23)c(Br)c1. The Bertz CT molecular complexity index is 751. The van der Waals surface area contributed by atoms with Gasteiger partial charge in [-0.2, -0.15) is 0 Å². The molecule has 0 fully saturated rings. The van der Waals surface area contributed by atoms with Gasteiger partial charge in [0.25, 0.3) is 0 Å². The molecule has 0 aliphatic heterocycles. The molecule has 1 aromatic heterocycles. The average molecular weight is 392 g/mol. The molecule has 0 radical (unpaired) electrons. The Kier molecular flexibility index (Phi) is 4.03. The van der Waals surface area contributed by atoms with E-state index >= 15 is 0 Å². The van der Waals surface area contributed by atoms with Crippen LogP contribution < -0.4 is 5.32 Å². The Morgan fingerprint density at radius 2 is 1.85 bits per heavy atom. The molecule has 0 saturated heterocycles. The fraction of sp³-hybridized carbons (Fsp3) is 0.0625. The van der Waals surface area contributed by atoms with Crippen LogP contribution in [0.4, 0.5) is 5.69 Å². The lowest BCUT2D eigenvalue weighted by Crippen LogP contribution is -2.01. The molecule has 2 nitrogen and oxygen atoms in total. The highest BCUT2D eigenvalue weighted by atomic mass is 79.9. The van der Waals surface area contributed by atoms with Crippen molar-refractivity contribution in [3.63, 3.8) is 0 Å². The lowest BCUT2D eigenvalue weighted by atomic mass is 10.1. The second kappa shape index (κ2) is 5.94. The quantitative estimate of drug-likeness (QED) is 0.648. The first kappa shape index (κ1) is 13.6. The number of hydrogen-bond donors (Lipinski definition) is 1. The van der Waals surface area contributed by atoms with Crippen molar-refractivity contribution in [2.75, 3.05) is 5.32 Å². The molecule has 20 heavy (non-hydrogen) atoms. The van der Waals surface area contributed by atoms with Crippen molar-refractivity contribution in [3.05, 3.63) is 69.2 Å². The van der Waals surface area contributed by atoms with Gasteiger partial charge in [-0.25, -0.2) is 0 Å². The molecule has 1 heterocycles. The molecule has 0 bridgehead atoms. The number of anilines is 1. The smallest absolute Gasteiger partial charge is 0.0705 e. The number of halogens is 2. The summed E-state index contributed by atoms with van der Waals surface area (Å²) in [5.41, 5.74) is 3.35. The number of rotatable bonds is 3. The maximum absolute atomic E-state index is 4.38. The lowest BCUT2D eigenvalue weighted by molar-refractivity contribution is 1.15. The summed E-state index contributed by atoms with van der Waals surface area (Å²) in [4.78, 5) is 4.38. The normalized spacial score (nSPS) is 10.7. The van der Waals surface area contributed by atoms with Crippen LogP contribution in [0.2, 0.25) is 0 Å². The van der Waals surface area contributed by atoms with Gasteiger partial charge in [0.15, 0.2) is 0 Å². The largest absolute Gasteiger partial charge is 0.380 e. The van der Waals surface area contributed by atoms with Crippen LogP contribution in [0.15, 0.2) is 63.7 Å². The Hall–Kier alpha value is -1.39. The van der Waals surface area contributed by atoms with E-state index in [9.17, 15) is 0 Å². The Morgan fingerprint density at radius 1 is 1.00 bits per heavy atom. The molecular formula is C16H12Br2N2. The highest BCUT2D eigenvalue weighted by Gasteiger charge is 2.03. The van der Waals surface area contributed by atoms with Crippen molar-refractivity contribution in [2.45, 2.75) is 6.54 Å². The Morgan fingerprint density at radius 3 is 2.70 bits per heavy atom. The molecule has 0 amide bonds. The van der Waals surface area contributed by atoms with Gasteiger partial charge in [0.2, 0.25) is 0 Å². The molecule has 0 unspecified atom stereocenters. The standard InChI is InChI=1S/C16H12Br2N2/c17-12-5-6-16(14(18)9-12)20-10-11-7-8-19-15-4-2-1-3-13(11)15/h1-9,20H,10H2. The summed E-state index contributed by atoms with van der Waals surface area (Å²) in [7, 11) is 0. The van der Waals surface area contributed by atoms with Crippen LogP contribution in [-0.4, -0.2) is 4.98 Å². The van der Waals surface area contributed by atoms with Crippen molar-refractivity contribution in [3.8, 4) is 0 Å². The van der Waals surface area contributed by atoms with Gasteiger partial charge in [-0.15, -0.1) is 0 Å². The summed E-state index contributed by atoms with van der Waals surface area (Å²) < 4.78 is 2.11. The number of para-hydroxylation sites is 1. The minimum absolute atomic E-state index is 0.767. The Labute approximate surface area is 134 Å². The van der Waals surface area contributed by atoms with E-state index in [0.717, 1.165) is 26.7 Å². The van der Waals surface area contributed by atoms with Gasteiger partial charge in [0.1, 0.15) is 0 Å². The van der Waals surface area contributed by atoms with Crippen LogP contribution >= 0.6 is 31.9 Å². The van der Waals surface area contributed by atoms with Gasteiger partial charge in [-0.1, -0.05) is 34.1 Å². The molecule has 0 atom stereocenters.